The quantitative estimate of drug-likeness (QED) is 0.0144. The molecule has 2 heterocycles. The van der Waals surface area contributed by atoms with Crippen molar-refractivity contribution in [3.8, 4) is 0 Å². The first-order chi connectivity index (χ1) is 40.5. The summed E-state index contributed by atoms with van der Waals surface area (Å²) in [5, 5.41) is 0. The van der Waals surface area contributed by atoms with Crippen molar-refractivity contribution >= 4 is 35.2 Å². The Kier molecular flexibility index (Phi) is 72.7. The topological polar surface area (TPSA) is 140 Å². The average Bonchev–Trinajstić information content (AvgIpc) is 3.96. The van der Waals surface area contributed by atoms with Gasteiger partial charge in [-0.25, -0.2) is 0 Å². The van der Waals surface area contributed by atoms with Crippen LogP contribution < -0.4 is 0 Å². The fourth-order valence-electron chi connectivity index (χ4n) is 9.22. The summed E-state index contributed by atoms with van der Waals surface area (Å²) in [6, 6.07) is 0. The SMILES string of the molecule is C.C=C=C(CN(CC(=O)OCCCCCCCC)CC(=O)C(=C)C)OCCCCCCCC.C=CC(=O)CC.C=C[C@H]1CCN(C(=O)CC2CCCCN(C)C2)C1.CC.CCCCCCCCC.CCCCCCCCOC(=O)CCCC(C)=O. The number of carbonyl (C=O) groups is 6. The van der Waals surface area contributed by atoms with Gasteiger partial charge in [-0.1, -0.05) is 242 Å². The van der Waals surface area contributed by atoms with Crippen molar-refractivity contribution in [3.63, 3.8) is 0 Å². The van der Waals surface area contributed by atoms with Crippen LogP contribution in [0, 0.1) is 11.8 Å². The molecule has 0 aromatic rings. The van der Waals surface area contributed by atoms with Gasteiger partial charge in [0.05, 0.1) is 39.5 Å². The number of unbranched alkanes of at least 4 members (excludes halogenated alkanes) is 21. The molecule has 0 aromatic carbocycles. The minimum atomic E-state index is -0.326. The van der Waals surface area contributed by atoms with Crippen LogP contribution in [-0.2, 0) is 43.0 Å². The van der Waals surface area contributed by atoms with Gasteiger partial charge in [0.25, 0.3) is 0 Å². The number of Topliss-reactive ketones (excluding diaryl/α,β-unsaturated/α-hetero) is 2. The molecule has 1 amide bonds. The molecule has 2 fully saturated rings. The molecule has 0 saturated carbocycles. The Hall–Kier alpha value is -4.12. The lowest BCUT2D eigenvalue weighted by molar-refractivity contribution is -0.145. The van der Waals surface area contributed by atoms with Crippen LogP contribution in [0.1, 0.15) is 295 Å². The molecular formula is C73H137N3O9. The van der Waals surface area contributed by atoms with Gasteiger partial charge in [-0.15, -0.1) is 6.58 Å². The van der Waals surface area contributed by atoms with E-state index in [0.29, 0.717) is 81.1 Å². The van der Waals surface area contributed by atoms with E-state index in [1.807, 2.05) is 31.7 Å². The molecule has 0 bridgehead atoms. The maximum atomic E-state index is 12.3. The van der Waals surface area contributed by atoms with Crippen LogP contribution in [0.3, 0.4) is 0 Å². The van der Waals surface area contributed by atoms with Gasteiger partial charge in [0.2, 0.25) is 5.91 Å². The number of hydrogen-bond donors (Lipinski definition) is 0. The van der Waals surface area contributed by atoms with Gasteiger partial charge in [-0.05, 0) is 95.9 Å². The third-order valence-electron chi connectivity index (χ3n) is 14.6. The molecule has 0 aromatic heterocycles. The van der Waals surface area contributed by atoms with E-state index in [2.05, 4.69) is 78.6 Å². The van der Waals surface area contributed by atoms with Crippen molar-refractivity contribution in [1.29, 1.82) is 0 Å². The van der Waals surface area contributed by atoms with E-state index in [9.17, 15) is 28.8 Å². The maximum Gasteiger partial charge on any atom is 0.320 e. The lowest BCUT2D eigenvalue weighted by atomic mass is 9.99. The molecule has 12 nitrogen and oxygen atoms in total. The zero-order valence-electron chi connectivity index (χ0n) is 56.8. The van der Waals surface area contributed by atoms with E-state index in [0.717, 1.165) is 71.0 Å². The molecular weight excluding hydrogens is 1060 g/mol. The highest BCUT2D eigenvalue weighted by Crippen LogP contribution is 2.23. The molecule has 498 valence electrons. The Morgan fingerprint density at radius 1 is 0.565 bits per heavy atom. The van der Waals surface area contributed by atoms with Gasteiger partial charge in [-0.2, -0.15) is 0 Å². The predicted octanol–water partition coefficient (Wildman–Crippen LogP) is 18.7. The number of hydrogen-bond acceptors (Lipinski definition) is 11. The van der Waals surface area contributed by atoms with Crippen molar-refractivity contribution in [2.45, 2.75) is 295 Å². The number of rotatable bonds is 44. The van der Waals surface area contributed by atoms with E-state index in [4.69, 9.17) is 14.2 Å². The van der Waals surface area contributed by atoms with E-state index in [1.54, 1.807) is 18.7 Å². The molecule has 0 N–H and O–H groups in total. The summed E-state index contributed by atoms with van der Waals surface area (Å²) >= 11 is 0. The summed E-state index contributed by atoms with van der Waals surface area (Å²) < 4.78 is 16.3. The van der Waals surface area contributed by atoms with E-state index < -0.39 is 0 Å². The van der Waals surface area contributed by atoms with Crippen molar-refractivity contribution in [2.24, 2.45) is 11.8 Å². The second kappa shape index (κ2) is 69.0. The van der Waals surface area contributed by atoms with Gasteiger partial charge in [0.15, 0.2) is 17.3 Å². The summed E-state index contributed by atoms with van der Waals surface area (Å²) in [5.41, 5.74) is 3.28. The number of esters is 2. The number of nitrogens with zero attached hydrogens (tertiary/aromatic N) is 3. The Morgan fingerprint density at radius 2 is 1.02 bits per heavy atom. The number of ether oxygens (including phenoxy) is 3. The fraction of sp³-hybridized carbons (Fsp3) is 0.795. The standard InChI is InChI=1S/C27H47NO4.C15H26N2O.C14H26O3.C9H20.C5H8O.C2H6.CH4/c1-6-9-11-13-15-17-19-31-25(8-3)21-28(22-26(29)24(4)5)23-27(30)32-20-18-16-14-12-10-7-2;1-3-13-7-9-17(12-13)15(18)10-14-6-4-5-8-16(2)11-14;1-3-4-5-6-7-8-12-17-14(16)11-9-10-13(2)15;1-3-5-7-9-8-6-4-2;1-3-5(6)4-2;1-2;/h3-4,6-7,9-23H2,1-2,5H3;3,13-14H,1,4-12H2,2H3;3-12H2,1-2H3;3-9H2,1-2H3;3H,1,4H2,2H3;1-2H3;1H4/t;13-,14?;;;;;/m.0...../s1. The highest BCUT2D eigenvalue weighted by atomic mass is 16.5. The lowest BCUT2D eigenvalue weighted by Crippen LogP contribution is -2.37. The van der Waals surface area contributed by atoms with Crippen molar-refractivity contribution < 1.29 is 43.0 Å². The molecule has 0 spiro atoms. The van der Waals surface area contributed by atoms with Crippen LogP contribution >= 0.6 is 0 Å². The first-order valence-corrected chi connectivity index (χ1v) is 34.0. The Bertz CT molecular complexity index is 1680. The van der Waals surface area contributed by atoms with Gasteiger partial charge in [0.1, 0.15) is 5.78 Å². The smallest absolute Gasteiger partial charge is 0.320 e. The normalized spacial score (nSPS) is 14.1. The van der Waals surface area contributed by atoms with Crippen molar-refractivity contribution in [2.75, 3.05) is 72.7 Å². The molecule has 0 radical (unpaired) electrons. The molecule has 0 aliphatic carbocycles. The Labute approximate surface area is 525 Å². The Morgan fingerprint density at radius 3 is 1.42 bits per heavy atom. The number of likely N-dealkylation sites (tertiary alicyclic amines) is 2. The molecule has 1 unspecified atom stereocenters. The summed E-state index contributed by atoms with van der Waals surface area (Å²) in [7, 11) is 2.17. The largest absolute Gasteiger partial charge is 0.489 e. The van der Waals surface area contributed by atoms with Crippen LogP contribution in [0.5, 0.6) is 0 Å². The van der Waals surface area contributed by atoms with Crippen molar-refractivity contribution in [3.05, 3.63) is 55.5 Å². The third kappa shape index (κ3) is 64.2. The predicted molar refractivity (Wildman–Crippen MR) is 363 cm³/mol. The van der Waals surface area contributed by atoms with Crippen LogP contribution in [0.4, 0.5) is 0 Å². The number of carbonyl (C=O) groups excluding carboxylic acids is 6. The summed E-state index contributed by atoms with van der Waals surface area (Å²) in [6.45, 7) is 40.7. The van der Waals surface area contributed by atoms with Crippen LogP contribution in [-0.4, -0.2) is 123 Å². The van der Waals surface area contributed by atoms with E-state index >= 15 is 0 Å². The van der Waals surface area contributed by atoms with Crippen molar-refractivity contribution in [1.82, 2.24) is 14.7 Å². The maximum absolute atomic E-state index is 12.3. The molecule has 12 heteroatoms. The van der Waals surface area contributed by atoms with E-state index in [-0.39, 0.29) is 49.8 Å². The van der Waals surface area contributed by atoms with E-state index in [1.165, 1.54) is 154 Å². The Balaban J connectivity index is -0.000000343. The molecule has 85 heavy (non-hydrogen) atoms. The van der Waals surface area contributed by atoms with Gasteiger partial charge in [-0.3, -0.25) is 28.9 Å². The molecule has 2 aliphatic heterocycles. The minimum Gasteiger partial charge on any atom is -0.489 e. The highest BCUT2D eigenvalue weighted by molar-refractivity contribution is 5.96. The van der Waals surface area contributed by atoms with Crippen LogP contribution in [0.2, 0.25) is 0 Å². The van der Waals surface area contributed by atoms with Crippen LogP contribution in [0.15, 0.2) is 55.5 Å². The first kappa shape index (κ1) is 89.6. The second-order valence-corrected chi connectivity index (χ2v) is 22.8. The molecule has 2 aliphatic rings. The summed E-state index contributed by atoms with van der Waals surface area (Å²) in [6.07, 6.45) is 42.0. The highest BCUT2D eigenvalue weighted by Gasteiger charge is 2.27. The number of allylic oxidation sites excluding steroid dienone is 1. The molecule has 2 saturated heterocycles. The van der Waals surface area contributed by atoms with Gasteiger partial charge in [0, 0.05) is 45.3 Å². The monoisotopic (exact) mass is 1200 g/mol. The third-order valence-corrected chi connectivity index (χ3v) is 14.6. The number of amides is 1. The number of ketones is 3. The van der Waals surface area contributed by atoms with Gasteiger partial charge >= 0.3 is 11.9 Å². The minimum absolute atomic E-state index is 0. The van der Waals surface area contributed by atoms with Gasteiger partial charge < -0.3 is 28.8 Å². The first-order valence-electron chi connectivity index (χ1n) is 34.0. The zero-order valence-corrected chi connectivity index (χ0v) is 56.8. The fourth-order valence-corrected chi connectivity index (χ4v) is 9.22. The summed E-state index contributed by atoms with van der Waals surface area (Å²) in [5.74, 6) is 1.64. The molecule has 2 rings (SSSR count). The zero-order chi connectivity index (χ0) is 63.9. The second-order valence-electron chi connectivity index (χ2n) is 22.8. The van der Waals surface area contributed by atoms with Crippen LogP contribution in [0.25, 0.3) is 0 Å². The average molecular weight is 1200 g/mol. The lowest BCUT2D eigenvalue weighted by Gasteiger charge is -2.22. The summed E-state index contributed by atoms with van der Waals surface area (Å²) in [4.78, 5) is 74.9. The molecule has 2 atom stereocenters.